The Balaban J connectivity index is 2.76. The largest absolute Gasteiger partial charge is 0.373 e. The van der Waals surface area contributed by atoms with Gasteiger partial charge in [-0.1, -0.05) is 33.1 Å². The molecule has 0 radical (unpaired) electrons. The minimum atomic E-state index is -0.401. The molecule has 20 heavy (non-hydrogen) atoms. The first-order chi connectivity index (χ1) is 9.62. The lowest BCUT2D eigenvalue weighted by Gasteiger charge is -2.16. The summed E-state index contributed by atoms with van der Waals surface area (Å²) in [7, 11) is 1.74. The molecule has 0 saturated heterocycles. The van der Waals surface area contributed by atoms with Crippen LogP contribution in [0.1, 0.15) is 39.5 Å². The smallest absolute Gasteiger partial charge is 0.311 e. The van der Waals surface area contributed by atoms with Crippen LogP contribution in [-0.4, -0.2) is 23.5 Å². The van der Waals surface area contributed by atoms with Crippen molar-refractivity contribution in [3.8, 4) is 0 Å². The number of nitro groups is 1. The third-order valence-corrected chi connectivity index (χ3v) is 3.43. The molecule has 0 amide bonds. The number of pyridine rings is 1. The molecule has 0 aromatic carbocycles. The van der Waals surface area contributed by atoms with Gasteiger partial charge in [-0.05, 0) is 18.4 Å². The Morgan fingerprint density at radius 2 is 2.15 bits per heavy atom. The van der Waals surface area contributed by atoms with Crippen molar-refractivity contribution in [2.24, 2.45) is 5.92 Å². The molecule has 6 heteroatoms. The second kappa shape index (κ2) is 8.35. The van der Waals surface area contributed by atoms with E-state index in [1.54, 1.807) is 13.1 Å². The van der Waals surface area contributed by atoms with Gasteiger partial charge in [-0.2, -0.15) is 0 Å². The summed E-state index contributed by atoms with van der Waals surface area (Å²) in [5, 5.41) is 17.0. The molecule has 0 bridgehead atoms. The van der Waals surface area contributed by atoms with Crippen molar-refractivity contribution in [2.75, 3.05) is 24.2 Å². The first-order valence-corrected chi connectivity index (χ1v) is 7.19. The lowest BCUT2D eigenvalue weighted by Crippen LogP contribution is -2.15. The quantitative estimate of drug-likeness (QED) is 0.533. The van der Waals surface area contributed by atoms with Gasteiger partial charge in [0.25, 0.3) is 0 Å². The molecule has 1 aromatic rings. The monoisotopic (exact) mass is 280 g/mol. The molecule has 0 aliphatic heterocycles. The van der Waals surface area contributed by atoms with E-state index in [0.29, 0.717) is 17.6 Å². The highest BCUT2D eigenvalue weighted by Gasteiger charge is 2.16. The second-order valence-electron chi connectivity index (χ2n) is 4.87. The zero-order valence-corrected chi connectivity index (χ0v) is 12.5. The van der Waals surface area contributed by atoms with Crippen LogP contribution in [0.15, 0.2) is 12.1 Å². The summed E-state index contributed by atoms with van der Waals surface area (Å²) >= 11 is 0. The standard InChI is InChI=1S/C14H24N4O2/c1-4-6-7-11(5-2)10-16-14-12(18(19)20)8-9-13(15-3)17-14/h8-9,11H,4-7,10H2,1-3H3,(H2,15,16,17). The maximum Gasteiger partial charge on any atom is 0.311 e. The van der Waals surface area contributed by atoms with Gasteiger partial charge in [0.2, 0.25) is 5.82 Å². The van der Waals surface area contributed by atoms with Crippen molar-refractivity contribution in [3.63, 3.8) is 0 Å². The lowest BCUT2D eigenvalue weighted by atomic mass is 9.99. The fraction of sp³-hybridized carbons (Fsp3) is 0.643. The van der Waals surface area contributed by atoms with Gasteiger partial charge in [-0.15, -0.1) is 0 Å². The lowest BCUT2D eigenvalue weighted by molar-refractivity contribution is -0.384. The molecule has 1 heterocycles. The molecule has 112 valence electrons. The van der Waals surface area contributed by atoms with Crippen molar-refractivity contribution in [3.05, 3.63) is 22.2 Å². The number of rotatable bonds is 9. The highest BCUT2D eigenvalue weighted by Crippen LogP contribution is 2.24. The molecular formula is C14H24N4O2. The third kappa shape index (κ3) is 4.68. The average Bonchev–Trinajstić information content (AvgIpc) is 2.47. The molecule has 0 spiro atoms. The minimum Gasteiger partial charge on any atom is -0.373 e. The van der Waals surface area contributed by atoms with Crippen molar-refractivity contribution in [2.45, 2.75) is 39.5 Å². The first-order valence-electron chi connectivity index (χ1n) is 7.19. The van der Waals surface area contributed by atoms with Gasteiger partial charge in [-0.25, -0.2) is 4.98 Å². The van der Waals surface area contributed by atoms with Crippen molar-refractivity contribution in [1.82, 2.24) is 4.98 Å². The summed E-state index contributed by atoms with van der Waals surface area (Å²) < 4.78 is 0. The van der Waals surface area contributed by atoms with Gasteiger partial charge in [0.1, 0.15) is 5.82 Å². The van der Waals surface area contributed by atoms with Crippen LogP contribution < -0.4 is 10.6 Å². The third-order valence-electron chi connectivity index (χ3n) is 3.43. The number of hydrogen-bond acceptors (Lipinski definition) is 5. The minimum absolute atomic E-state index is 0.0225. The highest BCUT2D eigenvalue weighted by atomic mass is 16.6. The van der Waals surface area contributed by atoms with Crippen LogP contribution in [0.3, 0.4) is 0 Å². The second-order valence-corrected chi connectivity index (χ2v) is 4.87. The zero-order valence-electron chi connectivity index (χ0n) is 12.5. The van der Waals surface area contributed by atoms with E-state index in [2.05, 4.69) is 29.5 Å². The number of nitrogens with zero attached hydrogens (tertiary/aromatic N) is 2. The van der Waals surface area contributed by atoms with Gasteiger partial charge in [0.15, 0.2) is 0 Å². The van der Waals surface area contributed by atoms with Gasteiger partial charge in [0, 0.05) is 19.7 Å². The van der Waals surface area contributed by atoms with E-state index in [-0.39, 0.29) is 5.69 Å². The van der Waals surface area contributed by atoms with Crippen LogP contribution in [0.4, 0.5) is 17.3 Å². The van der Waals surface area contributed by atoms with E-state index in [1.807, 2.05) is 0 Å². The van der Waals surface area contributed by atoms with Crippen molar-refractivity contribution < 1.29 is 4.92 Å². The molecule has 0 fully saturated rings. The Bertz CT molecular complexity index is 437. The van der Waals surface area contributed by atoms with E-state index in [0.717, 1.165) is 19.4 Å². The van der Waals surface area contributed by atoms with Crippen LogP contribution in [0.25, 0.3) is 0 Å². The summed E-state index contributed by atoms with van der Waals surface area (Å²) in [5.74, 6) is 1.49. The van der Waals surface area contributed by atoms with E-state index in [4.69, 9.17) is 0 Å². The van der Waals surface area contributed by atoms with Gasteiger partial charge in [0.05, 0.1) is 4.92 Å². The first kappa shape index (κ1) is 16.2. The molecule has 0 aliphatic carbocycles. The van der Waals surface area contributed by atoms with E-state index < -0.39 is 4.92 Å². The summed E-state index contributed by atoms with van der Waals surface area (Å²) in [6.45, 7) is 5.04. The van der Waals surface area contributed by atoms with Crippen LogP contribution in [0, 0.1) is 16.0 Å². The fourth-order valence-electron chi connectivity index (χ4n) is 2.05. The molecule has 1 rings (SSSR count). The molecule has 1 atom stereocenters. The summed E-state index contributed by atoms with van der Waals surface area (Å²) in [6, 6.07) is 3.09. The summed E-state index contributed by atoms with van der Waals surface area (Å²) in [6.07, 6.45) is 4.56. The van der Waals surface area contributed by atoms with E-state index >= 15 is 0 Å². The summed E-state index contributed by atoms with van der Waals surface area (Å²) in [4.78, 5) is 14.8. The molecule has 0 aliphatic rings. The number of anilines is 2. The van der Waals surface area contributed by atoms with E-state index in [1.165, 1.54) is 18.9 Å². The fourth-order valence-corrected chi connectivity index (χ4v) is 2.05. The summed E-state index contributed by atoms with van der Waals surface area (Å²) in [5.41, 5.74) is 0.0225. The molecule has 1 aromatic heterocycles. The van der Waals surface area contributed by atoms with Crippen molar-refractivity contribution in [1.29, 1.82) is 0 Å². The number of hydrogen-bond donors (Lipinski definition) is 2. The predicted octanol–water partition coefficient (Wildman–Crippen LogP) is 3.66. The van der Waals surface area contributed by atoms with Crippen LogP contribution in [-0.2, 0) is 0 Å². The Hall–Kier alpha value is -1.85. The Kier molecular flexibility index (Phi) is 6.76. The van der Waals surface area contributed by atoms with Gasteiger partial charge in [-0.3, -0.25) is 10.1 Å². The van der Waals surface area contributed by atoms with Gasteiger partial charge < -0.3 is 10.6 Å². The molecular weight excluding hydrogens is 256 g/mol. The Morgan fingerprint density at radius 1 is 1.40 bits per heavy atom. The van der Waals surface area contributed by atoms with Crippen molar-refractivity contribution >= 4 is 17.3 Å². The number of unbranched alkanes of at least 4 members (excludes halogenated alkanes) is 1. The topological polar surface area (TPSA) is 80.1 Å². The Labute approximate surface area is 120 Å². The van der Waals surface area contributed by atoms with E-state index in [9.17, 15) is 10.1 Å². The van der Waals surface area contributed by atoms with Gasteiger partial charge >= 0.3 is 5.69 Å². The zero-order chi connectivity index (χ0) is 15.0. The molecule has 6 nitrogen and oxygen atoms in total. The molecule has 2 N–H and O–H groups in total. The number of nitrogens with one attached hydrogen (secondary N) is 2. The maximum atomic E-state index is 11.0. The molecule has 0 saturated carbocycles. The molecule has 1 unspecified atom stereocenters. The van der Waals surface area contributed by atoms with Crippen LogP contribution >= 0.6 is 0 Å². The predicted molar refractivity (Wildman–Crippen MR) is 82.2 cm³/mol. The maximum absolute atomic E-state index is 11.0. The van der Waals surface area contributed by atoms with Crippen LogP contribution in [0.5, 0.6) is 0 Å². The average molecular weight is 280 g/mol. The SMILES string of the molecule is CCCCC(CC)CNc1nc(NC)ccc1[N+](=O)[O-]. The Morgan fingerprint density at radius 3 is 2.70 bits per heavy atom. The number of aromatic nitrogens is 1. The van der Waals surface area contributed by atoms with Crippen LogP contribution in [0.2, 0.25) is 0 Å². The normalized spacial score (nSPS) is 11.9. The highest BCUT2D eigenvalue weighted by molar-refractivity contribution is 5.60.